The van der Waals surface area contributed by atoms with Crippen LogP contribution in [0, 0.1) is 6.92 Å². The van der Waals surface area contributed by atoms with E-state index in [2.05, 4.69) is 228 Å². The third-order valence-electron chi connectivity index (χ3n) is 12.5. The molecule has 0 radical (unpaired) electrons. The van der Waals surface area contributed by atoms with Gasteiger partial charge in [0.05, 0.1) is 28.0 Å². The van der Waals surface area contributed by atoms with Crippen molar-refractivity contribution in [1.29, 1.82) is 0 Å². The molecule has 0 aliphatic rings. The first-order chi connectivity index (χ1) is 29.6. The molecule has 0 aliphatic carbocycles. The second kappa shape index (κ2) is 15.8. The SMILES string of the molecule is Cc1ccc(-c2ccnc(-c3cc(-c4cccc5c4nc(-c4cc(C(C)(C)C)cc(C(C)(C)C)c4O)n5-c4ccccc4-c4ccc(C(C)(C)C)cc4)cc(C(C)(C)C)c3)c2)cc1. The molecular weight excluding hydrogens is 767 g/mol. The van der Waals surface area contributed by atoms with Gasteiger partial charge in [-0.25, -0.2) is 4.98 Å². The fraction of sp³-hybridized carbons (Fsp3) is 0.288. The standard InChI is InChI=1S/C59H63N3O/c1-37-21-23-38(24-22-37)40-29-30-60-50(34-40)42-31-41(32-44(33-42)57(5,6)7)47-18-16-20-52-53(47)61-55(48-35-45(58(8,9)10)36-49(54(48)63)59(11,12)13)62(52)51-19-15-14-17-46(51)39-25-27-43(28-26-39)56(2,3)4/h14-36,63H,1-13H3. The predicted octanol–water partition coefficient (Wildman–Crippen LogP) is 16.0. The smallest absolute Gasteiger partial charge is 0.149 e. The van der Waals surface area contributed by atoms with Crippen molar-refractivity contribution in [1.82, 2.24) is 14.5 Å². The molecule has 2 heterocycles. The highest BCUT2D eigenvalue weighted by Gasteiger charge is 2.29. The summed E-state index contributed by atoms with van der Waals surface area (Å²) in [5.74, 6) is 0.960. The van der Waals surface area contributed by atoms with Gasteiger partial charge < -0.3 is 5.11 Å². The van der Waals surface area contributed by atoms with Crippen LogP contribution in [0.25, 0.3) is 72.7 Å². The Balaban J connectivity index is 1.42. The summed E-state index contributed by atoms with van der Waals surface area (Å²) in [4.78, 5) is 10.6. The van der Waals surface area contributed by atoms with Crippen molar-refractivity contribution in [3.05, 3.63) is 167 Å². The highest BCUT2D eigenvalue weighted by molar-refractivity contribution is 5.98. The van der Waals surface area contributed by atoms with Crippen LogP contribution < -0.4 is 0 Å². The minimum absolute atomic E-state index is 0.0344. The molecule has 0 saturated heterocycles. The number of phenols is 1. The van der Waals surface area contributed by atoms with E-state index in [1.165, 1.54) is 16.7 Å². The van der Waals surface area contributed by atoms with Crippen LogP contribution in [-0.4, -0.2) is 19.6 Å². The summed E-state index contributed by atoms with van der Waals surface area (Å²) >= 11 is 0. The Hall–Kier alpha value is -6.26. The lowest BCUT2D eigenvalue weighted by atomic mass is 9.79. The van der Waals surface area contributed by atoms with Crippen molar-refractivity contribution in [3.63, 3.8) is 0 Å². The normalized spacial score (nSPS) is 12.6. The highest BCUT2D eigenvalue weighted by Crippen LogP contribution is 2.46. The molecule has 1 N–H and O–H groups in total. The molecule has 0 aliphatic heterocycles. The molecule has 0 fully saturated rings. The lowest BCUT2D eigenvalue weighted by molar-refractivity contribution is 0.446. The van der Waals surface area contributed by atoms with Gasteiger partial charge in [-0.2, -0.15) is 0 Å². The topological polar surface area (TPSA) is 50.9 Å². The number of aromatic nitrogens is 3. The fourth-order valence-corrected chi connectivity index (χ4v) is 8.51. The van der Waals surface area contributed by atoms with Gasteiger partial charge in [-0.3, -0.25) is 9.55 Å². The number of para-hydroxylation sites is 2. The zero-order valence-electron chi connectivity index (χ0n) is 39.6. The zero-order chi connectivity index (χ0) is 45.2. The number of phenolic OH excluding ortho intramolecular Hbond substituents is 1. The Morgan fingerprint density at radius 3 is 1.71 bits per heavy atom. The summed E-state index contributed by atoms with van der Waals surface area (Å²) in [6.45, 7) is 28.9. The number of hydrogen-bond acceptors (Lipinski definition) is 3. The molecule has 0 bridgehead atoms. The first-order valence-corrected chi connectivity index (χ1v) is 22.4. The number of hydrogen-bond donors (Lipinski definition) is 1. The van der Waals surface area contributed by atoms with E-state index in [-0.39, 0.29) is 27.4 Å². The van der Waals surface area contributed by atoms with Gasteiger partial charge in [-0.1, -0.05) is 180 Å². The molecule has 0 atom stereocenters. The maximum absolute atomic E-state index is 12.5. The van der Waals surface area contributed by atoms with Crippen molar-refractivity contribution in [2.24, 2.45) is 0 Å². The summed E-state index contributed by atoms with van der Waals surface area (Å²) in [5.41, 5.74) is 17.3. The third kappa shape index (κ3) is 8.61. The Morgan fingerprint density at radius 1 is 0.460 bits per heavy atom. The maximum atomic E-state index is 12.5. The van der Waals surface area contributed by atoms with Crippen molar-refractivity contribution in [3.8, 4) is 67.5 Å². The average molecular weight is 830 g/mol. The zero-order valence-corrected chi connectivity index (χ0v) is 39.6. The van der Waals surface area contributed by atoms with E-state index in [1.54, 1.807) is 0 Å². The lowest BCUT2D eigenvalue weighted by Crippen LogP contribution is -2.17. The number of aryl methyl sites for hydroxylation is 1. The first-order valence-electron chi connectivity index (χ1n) is 22.4. The molecule has 63 heavy (non-hydrogen) atoms. The molecule has 0 unspecified atom stereocenters. The van der Waals surface area contributed by atoms with E-state index in [0.29, 0.717) is 11.4 Å². The summed E-state index contributed by atoms with van der Waals surface area (Å²) in [7, 11) is 0. The fourth-order valence-electron chi connectivity index (χ4n) is 8.51. The van der Waals surface area contributed by atoms with E-state index in [1.807, 2.05) is 6.20 Å². The number of benzene rings is 6. The first kappa shape index (κ1) is 43.4. The van der Waals surface area contributed by atoms with Crippen LogP contribution in [0.2, 0.25) is 0 Å². The van der Waals surface area contributed by atoms with E-state index < -0.39 is 0 Å². The number of pyridine rings is 1. The van der Waals surface area contributed by atoms with Gasteiger partial charge in [-0.15, -0.1) is 0 Å². The summed E-state index contributed by atoms with van der Waals surface area (Å²) in [6.07, 6.45) is 1.92. The van der Waals surface area contributed by atoms with E-state index in [0.717, 1.165) is 72.5 Å². The van der Waals surface area contributed by atoms with Gasteiger partial charge in [0.2, 0.25) is 0 Å². The molecule has 8 aromatic rings. The molecule has 4 nitrogen and oxygen atoms in total. The number of rotatable bonds is 6. The second-order valence-corrected chi connectivity index (χ2v) is 21.6. The average Bonchev–Trinajstić information content (AvgIpc) is 3.62. The Morgan fingerprint density at radius 2 is 1.06 bits per heavy atom. The van der Waals surface area contributed by atoms with Crippen LogP contribution in [0.15, 0.2) is 140 Å². The maximum Gasteiger partial charge on any atom is 0.149 e. The van der Waals surface area contributed by atoms with Gasteiger partial charge in [0.1, 0.15) is 11.6 Å². The van der Waals surface area contributed by atoms with Crippen LogP contribution in [0.5, 0.6) is 5.75 Å². The minimum atomic E-state index is -0.316. The quantitative estimate of drug-likeness (QED) is 0.182. The van der Waals surface area contributed by atoms with Gasteiger partial charge in [0.25, 0.3) is 0 Å². The molecule has 320 valence electrons. The van der Waals surface area contributed by atoms with Crippen LogP contribution in [0.1, 0.15) is 111 Å². The molecule has 2 aromatic heterocycles. The van der Waals surface area contributed by atoms with Gasteiger partial charge in [-0.05, 0) is 110 Å². The minimum Gasteiger partial charge on any atom is -0.507 e. The van der Waals surface area contributed by atoms with Gasteiger partial charge in [0, 0.05) is 28.5 Å². The summed E-state index contributed by atoms with van der Waals surface area (Å²) < 4.78 is 2.28. The Kier molecular flexibility index (Phi) is 10.9. The van der Waals surface area contributed by atoms with E-state index in [9.17, 15) is 5.11 Å². The highest BCUT2D eigenvalue weighted by atomic mass is 16.3. The lowest BCUT2D eigenvalue weighted by Gasteiger charge is -2.27. The molecule has 0 saturated carbocycles. The molecule has 6 aromatic carbocycles. The largest absolute Gasteiger partial charge is 0.507 e. The van der Waals surface area contributed by atoms with E-state index >= 15 is 0 Å². The van der Waals surface area contributed by atoms with E-state index in [4.69, 9.17) is 9.97 Å². The molecule has 0 amide bonds. The predicted molar refractivity (Wildman–Crippen MR) is 267 cm³/mol. The van der Waals surface area contributed by atoms with Crippen LogP contribution in [-0.2, 0) is 21.7 Å². The third-order valence-corrected chi connectivity index (χ3v) is 12.5. The van der Waals surface area contributed by atoms with Crippen LogP contribution >= 0.6 is 0 Å². The monoisotopic (exact) mass is 829 g/mol. The Bertz CT molecular complexity index is 2970. The summed E-state index contributed by atoms with van der Waals surface area (Å²) in [6, 6.07) is 48.3. The van der Waals surface area contributed by atoms with Gasteiger partial charge >= 0.3 is 0 Å². The summed E-state index contributed by atoms with van der Waals surface area (Å²) in [5, 5.41) is 12.5. The molecule has 4 heteroatoms. The molecule has 8 rings (SSSR count). The Labute approximate surface area is 375 Å². The van der Waals surface area contributed by atoms with Gasteiger partial charge in [0.15, 0.2) is 0 Å². The van der Waals surface area contributed by atoms with Crippen molar-refractivity contribution in [2.45, 2.75) is 112 Å². The molecular formula is C59H63N3O. The number of aromatic hydroxyl groups is 1. The van der Waals surface area contributed by atoms with Crippen molar-refractivity contribution < 1.29 is 5.11 Å². The van der Waals surface area contributed by atoms with Crippen molar-refractivity contribution in [2.75, 3.05) is 0 Å². The second-order valence-electron chi connectivity index (χ2n) is 21.6. The number of fused-ring (bicyclic) bond motifs is 1. The number of nitrogens with zero attached hydrogens (tertiary/aromatic N) is 3. The van der Waals surface area contributed by atoms with Crippen LogP contribution in [0.4, 0.5) is 0 Å². The van der Waals surface area contributed by atoms with Crippen molar-refractivity contribution >= 4 is 11.0 Å². The number of imidazole rings is 1. The van der Waals surface area contributed by atoms with Crippen LogP contribution in [0.3, 0.4) is 0 Å². The molecule has 0 spiro atoms.